The lowest BCUT2D eigenvalue weighted by Crippen LogP contribution is -2.49. The topological polar surface area (TPSA) is 119 Å². The third-order valence-electron chi connectivity index (χ3n) is 2.28. The van der Waals surface area contributed by atoms with Crippen LogP contribution in [0.2, 0.25) is 0 Å². The average Bonchev–Trinajstić information content (AvgIpc) is 2.26. The quantitative estimate of drug-likeness (QED) is 0.530. The Labute approximate surface area is 106 Å². The molecule has 0 aromatic rings. The summed E-state index contributed by atoms with van der Waals surface area (Å²) in [6, 6.07) is -2.10. The van der Waals surface area contributed by atoms with Gasteiger partial charge in [-0.2, -0.15) is 0 Å². The molecule has 0 aliphatic carbocycles. The maximum atomic E-state index is 11.6. The fourth-order valence-electron chi connectivity index (χ4n) is 1.34. The van der Waals surface area contributed by atoms with Gasteiger partial charge in [0, 0.05) is 0 Å². The molecule has 0 aliphatic rings. The van der Waals surface area contributed by atoms with E-state index in [1.54, 1.807) is 0 Å². The van der Waals surface area contributed by atoms with Crippen molar-refractivity contribution in [2.45, 2.75) is 38.8 Å². The van der Waals surface area contributed by atoms with Gasteiger partial charge in [-0.05, 0) is 12.3 Å². The molecule has 1 amide bonds. The minimum absolute atomic E-state index is 0.217. The van der Waals surface area contributed by atoms with Crippen LogP contribution in [0.1, 0.15) is 26.7 Å². The highest BCUT2D eigenvalue weighted by Gasteiger charge is 2.26. The van der Waals surface area contributed by atoms with Crippen molar-refractivity contribution in [3.63, 3.8) is 0 Å². The predicted octanol–water partition coefficient (Wildman–Crippen LogP) is -0.508. The van der Waals surface area contributed by atoms with E-state index >= 15 is 0 Å². The highest BCUT2D eigenvalue weighted by atomic mass is 16.5. The van der Waals surface area contributed by atoms with E-state index in [0.29, 0.717) is 6.42 Å². The maximum absolute atomic E-state index is 11.6. The van der Waals surface area contributed by atoms with Gasteiger partial charge in [-0.25, -0.2) is 4.79 Å². The number of ether oxygens (including phenoxy) is 1. The number of carbonyl (C=O) groups excluding carboxylic acids is 2. The lowest BCUT2D eigenvalue weighted by Gasteiger charge is -2.18. The second-order valence-corrected chi connectivity index (χ2v) is 4.42. The zero-order valence-corrected chi connectivity index (χ0v) is 10.8. The molecule has 4 N–H and O–H groups in total. The van der Waals surface area contributed by atoms with Gasteiger partial charge in [-0.15, -0.1) is 0 Å². The average molecular weight is 260 g/mol. The molecule has 2 atom stereocenters. The van der Waals surface area contributed by atoms with Gasteiger partial charge in [0.2, 0.25) is 5.91 Å². The summed E-state index contributed by atoms with van der Waals surface area (Å²) in [5.74, 6) is -2.37. The van der Waals surface area contributed by atoms with Crippen LogP contribution in [0.5, 0.6) is 0 Å². The number of aliphatic carboxylic acids is 1. The van der Waals surface area contributed by atoms with Crippen molar-refractivity contribution in [1.82, 2.24) is 5.32 Å². The SMILES string of the molecule is COC(=O)C[C@H](NC(=O)C(N)CC(C)C)C(=O)O. The molecule has 0 bridgehead atoms. The van der Waals surface area contributed by atoms with Crippen LogP contribution in [-0.2, 0) is 19.1 Å². The first-order valence-electron chi connectivity index (χ1n) is 5.63. The number of methoxy groups -OCH3 is 1. The fraction of sp³-hybridized carbons (Fsp3) is 0.727. The lowest BCUT2D eigenvalue weighted by atomic mass is 10.0. The van der Waals surface area contributed by atoms with Gasteiger partial charge in [0.05, 0.1) is 19.6 Å². The molecule has 7 nitrogen and oxygen atoms in total. The van der Waals surface area contributed by atoms with Gasteiger partial charge in [-0.3, -0.25) is 9.59 Å². The van der Waals surface area contributed by atoms with Crippen molar-refractivity contribution in [1.29, 1.82) is 0 Å². The highest BCUT2D eigenvalue weighted by molar-refractivity contribution is 5.89. The van der Waals surface area contributed by atoms with Crippen molar-refractivity contribution >= 4 is 17.8 Å². The van der Waals surface area contributed by atoms with Crippen LogP contribution >= 0.6 is 0 Å². The first kappa shape index (κ1) is 16.4. The molecule has 0 aromatic heterocycles. The van der Waals surface area contributed by atoms with Crippen LogP contribution in [-0.4, -0.2) is 42.1 Å². The van der Waals surface area contributed by atoms with E-state index in [9.17, 15) is 14.4 Å². The molecule has 1 unspecified atom stereocenters. The molecule has 0 rings (SSSR count). The molecule has 0 spiro atoms. The third kappa shape index (κ3) is 6.19. The van der Waals surface area contributed by atoms with Crippen molar-refractivity contribution in [3.05, 3.63) is 0 Å². The van der Waals surface area contributed by atoms with Gasteiger partial charge in [0.25, 0.3) is 0 Å². The van der Waals surface area contributed by atoms with Crippen molar-refractivity contribution < 1.29 is 24.2 Å². The number of hydrogen-bond acceptors (Lipinski definition) is 5. The zero-order chi connectivity index (χ0) is 14.3. The second-order valence-electron chi connectivity index (χ2n) is 4.42. The Morgan fingerprint density at radius 2 is 1.89 bits per heavy atom. The summed E-state index contributed by atoms with van der Waals surface area (Å²) in [5, 5.41) is 11.1. The van der Waals surface area contributed by atoms with Gasteiger partial charge < -0.3 is 20.9 Å². The van der Waals surface area contributed by atoms with Gasteiger partial charge in [-0.1, -0.05) is 13.8 Å². The fourth-order valence-corrected chi connectivity index (χ4v) is 1.34. The Morgan fingerprint density at radius 3 is 2.28 bits per heavy atom. The normalized spacial score (nSPS) is 13.8. The second kappa shape index (κ2) is 7.65. The number of amides is 1. The van der Waals surface area contributed by atoms with E-state index in [1.165, 1.54) is 0 Å². The molecule has 7 heteroatoms. The van der Waals surface area contributed by atoms with Crippen molar-refractivity contribution in [2.75, 3.05) is 7.11 Å². The summed E-state index contributed by atoms with van der Waals surface area (Å²) < 4.78 is 4.35. The molecular weight excluding hydrogens is 240 g/mol. The van der Waals surface area contributed by atoms with Crippen LogP contribution in [0.25, 0.3) is 0 Å². The Hall–Kier alpha value is -1.63. The number of hydrogen-bond donors (Lipinski definition) is 3. The number of nitrogens with one attached hydrogen (secondary N) is 1. The Morgan fingerprint density at radius 1 is 1.33 bits per heavy atom. The van der Waals surface area contributed by atoms with Crippen LogP contribution < -0.4 is 11.1 Å². The summed E-state index contributed by atoms with van der Waals surface area (Å²) in [7, 11) is 1.15. The zero-order valence-electron chi connectivity index (χ0n) is 10.8. The maximum Gasteiger partial charge on any atom is 0.326 e. The highest BCUT2D eigenvalue weighted by Crippen LogP contribution is 2.04. The van der Waals surface area contributed by atoms with E-state index < -0.39 is 36.4 Å². The summed E-state index contributed by atoms with van der Waals surface area (Å²) in [5.41, 5.74) is 5.61. The summed E-state index contributed by atoms with van der Waals surface area (Å²) >= 11 is 0. The van der Waals surface area contributed by atoms with E-state index in [1.807, 2.05) is 13.8 Å². The van der Waals surface area contributed by atoms with Crippen molar-refractivity contribution in [3.8, 4) is 0 Å². The molecule has 0 radical (unpaired) electrons. The number of carboxylic acid groups (broad SMARTS) is 1. The molecule has 0 aromatic carbocycles. The smallest absolute Gasteiger partial charge is 0.326 e. The summed E-state index contributed by atoms with van der Waals surface area (Å²) in [6.07, 6.45) is 0.0162. The van der Waals surface area contributed by atoms with E-state index in [0.717, 1.165) is 7.11 Å². The summed E-state index contributed by atoms with van der Waals surface area (Å²) in [6.45, 7) is 3.80. The number of carbonyl (C=O) groups is 3. The number of nitrogens with two attached hydrogens (primary N) is 1. The molecule has 104 valence electrons. The minimum Gasteiger partial charge on any atom is -0.480 e. The molecular formula is C11H20N2O5. The van der Waals surface area contributed by atoms with Crippen LogP contribution in [0.3, 0.4) is 0 Å². The van der Waals surface area contributed by atoms with Crippen LogP contribution in [0.4, 0.5) is 0 Å². The molecule has 0 fully saturated rings. The Kier molecular flexibility index (Phi) is 6.96. The minimum atomic E-state index is -1.32. The number of esters is 1. The van der Waals surface area contributed by atoms with Crippen LogP contribution in [0, 0.1) is 5.92 Å². The molecule has 0 saturated heterocycles. The summed E-state index contributed by atoms with van der Waals surface area (Å²) in [4.78, 5) is 33.5. The molecule has 18 heavy (non-hydrogen) atoms. The van der Waals surface area contributed by atoms with Gasteiger partial charge in [0.1, 0.15) is 6.04 Å². The van der Waals surface area contributed by atoms with Gasteiger partial charge >= 0.3 is 11.9 Å². The van der Waals surface area contributed by atoms with E-state index in [4.69, 9.17) is 10.8 Å². The van der Waals surface area contributed by atoms with E-state index in [-0.39, 0.29) is 5.92 Å². The first-order chi connectivity index (χ1) is 8.27. The van der Waals surface area contributed by atoms with E-state index in [2.05, 4.69) is 10.1 Å². The first-order valence-corrected chi connectivity index (χ1v) is 5.63. The largest absolute Gasteiger partial charge is 0.480 e. The molecule has 0 aliphatic heterocycles. The Bertz CT molecular complexity index is 317. The van der Waals surface area contributed by atoms with Crippen LogP contribution in [0.15, 0.2) is 0 Å². The number of rotatable bonds is 7. The molecule has 0 saturated carbocycles. The van der Waals surface area contributed by atoms with Gasteiger partial charge in [0.15, 0.2) is 0 Å². The standard InChI is InChI=1S/C11H20N2O5/c1-6(2)4-7(12)10(15)13-8(11(16)17)5-9(14)18-3/h6-8H,4-5,12H2,1-3H3,(H,13,15)(H,16,17)/t7?,8-/m0/s1. The molecule has 0 heterocycles. The number of carboxylic acids is 1. The lowest BCUT2D eigenvalue weighted by molar-refractivity contribution is -0.148. The Balaban J connectivity index is 4.45. The monoisotopic (exact) mass is 260 g/mol. The predicted molar refractivity (Wildman–Crippen MR) is 63.6 cm³/mol. The van der Waals surface area contributed by atoms with Crippen molar-refractivity contribution in [2.24, 2.45) is 11.7 Å². The third-order valence-corrected chi connectivity index (χ3v) is 2.28.